The number of carboxylic acids is 9. The average Bonchev–Trinajstić information content (AvgIpc) is 1.61. The summed E-state index contributed by atoms with van der Waals surface area (Å²) in [6, 6.07) is -19.5. The Morgan fingerprint density at radius 1 is 0.375 bits per heavy atom. The van der Waals surface area contributed by atoms with E-state index in [0.717, 1.165) is 0 Å². The van der Waals surface area contributed by atoms with Gasteiger partial charge in [0.05, 0.1) is 18.7 Å². The fourth-order valence-corrected chi connectivity index (χ4v) is 9.90. The highest BCUT2D eigenvalue weighted by Gasteiger charge is 2.39. The van der Waals surface area contributed by atoms with Gasteiger partial charge >= 0.3 is 53.7 Å². The number of carbonyl (C=O) groups is 21. The highest BCUT2D eigenvalue weighted by Crippen LogP contribution is 2.19. The van der Waals surface area contributed by atoms with Crippen LogP contribution in [-0.4, -0.2) is 268 Å². The van der Waals surface area contributed by atoms with E-state index in [1.807, 2.05) is 13.8 Å². The fourth-order valence-electron chi connectivity index (χ4n) is 9.90. The summed E-state index contributed by atoms with van der Waals surface area (Å²) in [6.45, 7) is 3.91. The van der Waals surface area contributed by atoms with Crippen molar-refractivity contribution in [3.63, 3.8) is 0 Å². The van der Waals surface area contributed by atoms with Gasteiger partial charge in [0.1, 0.15) is 61.0 Å². The minimum atomic E-state index is -2.16. The molecule has 43 heteroatoms. The van der Waals surface area contributed by atoms with Crippen molar-refractivity contribution >= 4 is 124 Å². The first-order valence-electron chi connectivity index (χ1n) is 32.7. The molecule has 1 fully saturated rings. The molecule has 1 aliphatic rings. The van der Waals surface area contributed by atoms with Crippen molar-refractivity contribution in [3.8, 4) is 0 Å². The van der Waals surface area contributed by atoms with Crippen LogP contribution in [0.15, 0.2) is 0 Å². The van der Waals surface area contributed by atoms with Crippen LogP contribution in [-0.2, 0) is 105 Å². The minimum absolute atomic E-state index is 0.0650. The van der Waals surface area contributed by atoms with E-state index in [9.17, 15) is 142 Å². The minimum Gasteiger partial charge on any atom is -0.481 e. The molecule has 11 amide bonds. The van der Waals surface area contributed by atoms with Crippen molar-refractivity contribution in [1.29, 1.82) is 0 Å². The molecule has 0 aromatic rings. The molecule has 1 aliphatic heterocycles. The van der Waals surface area contributed by atoms with Crippen molar-refractivity contribution in [2.45, 2.75) is 222 Å². The third-order valence-electron chi connectivity index (χ3n) is 15.4. The average molecular weight is 1490 g/mol. The Bertz CT molecular complexity index is 3130. The van der Waals surface area contributed by atoms with Crippen LogP contribution < -0.4 is 58.9 Å². The van der Waals surface area contributed by atoms with Crippen LogP contribution in [0, 0.1) is 5.92 Å². The maximum absolute atomic E-state index is 14.2. The molecule has 0 aromatic heterocycles. The number of hydrogen-bond donors (Lipinski definition) is 20. The van der Waals surface area contributed by atoms with E-state index in [4.69, 9.17) is 15.6 Å². The van der Waals surface area contributed by atoms with Crippen LogP contribution in [0.1, 0.15) is 156 Å². The van der Waals surface area contributed by atoms with Gasteiger partial charge in [-0.05, 0) is 89.9 Å². The van der Waals surface area contributed by atoms with Crippen LogP contribution in [0.25, 0.3) is 0 Å². The molecule has 0 radical (unpaired) electrons. The van der Waals surface area contributed by atoms with Crippen LogP contribution in [0.3, 0.4) is 0 Å². The number of nitrogens with zero attached hydrogens (tertiary/aromatic N) is 1. The second-order valence-corrected chi connectivity index (χ2v) is 24.4. The van der Waals surface area contributed by atoms with Crippen molar-refractivity contribution in [2.75, 3.05) is 26.3 Å². The number of ether oxygens (including phenoxy) is 1. The van der Waals surface area contributed by atoms with Gasteiger partial charge < -0.3 is 114 Å². The number of ketones is 1. The van der Waals surface area contributed by atoms with E-state index in [-0.39, 0.29) is 31.4 Å². The monoisotopic (exact) mass is 1490 g/mol. The van der Waals surface area contributed by atoms with Crippen LogP contribution >= 0.6 is 0 Å². The van der Waals surface area contributed by atoms with Gasteiger partial charge in [-0.25, -0.2) is 0 Å². The fraction of sp³-hybridized carbons (Fsp3) is 0.656. The van der Waals surface area contributed by atoms with Crippen molar-refractivity contribution in [1.82, 2.24) is 58.1 Å². The number of likely N-dealkylation sites (tertiary alicyclic amines) is 1. The molecule has 11 atom stereocenters. The molecular weight excluding hydrogens is 1400 g/mol. The molecule has 21 N–H and O–H groups in total. The van der Waals surface area contributed by atoms with Crippen molar-refractivity contribution in [3.05, 3.63) is 0 Å². The van der Waals surface area contributed by atoms with Crippen LogP contribution in [0.2, 0.25) is 0 Å². The lowest BCUT2D eigenvalue weighted by Crippen LogP contribution is -2.60. The summed E-state index contributed by atoms with van der Waals surface area (Å²) in [6.07, 6.45) is -14.0. The number of carbonyl (C=O) groups excluding carboxylic acids is 12. The number of rotatable bonds is 54. The van der Waals surface area contributed by atoms with Gasteiger partial charge in [-0.2, -0.15) is 0 Å². The Hall–Kier alpha value is -11.0. The molecule has 0 aromatic carbocycles. The Morgan fingerprint density at radius 3 is 0.894 bits per heavy atom. The SMILES string of the molecule is CC(=O)[C@H](CC(C)C)NC(=O)[C@@H]1CCCN1C(=O)COCCNC(=O)[C@@H](CCC(=O)O)NC(=O)[C@@H](CCC(=O)O)NC(=O)[C@@H](CCC(=O)O)NC(=O)[C@@H](CCC(=O)O)NC(=O)[C@@H](CCC(=O)O)NC(=O)[C@@H](CCC(=O)O)NC(=O)[C@@H](CCC(=O)O)NC(=O)[C@@H](CCC(=O)O)NC(=O)[C@H](N)CCC(=O)O. The number of amides is 11. The van der Waals surface area contributed by atoms with E-state index < -0.39 is 307 Å². The molecule has 0 saturated carbocycles. The largest absolute Gasteiger partial charge is 0.481 e. The molecular formula is C61H92N12O31. The predicted molar refractivity (Wildman–Crippen MR) is 346 cm³/mol. The summed E-state index contributed by atoms with van der Waals surface area (Å²) in [5.74, 6) is -27.8. The van der Waals surface area contributed by atoms with Gasteiger partial charge in [-0.3, -0.25) is 101 Å². The van der Waals surface area contributed by atoms with Crippen molar-refractivity contribution < 1.29 is 151 Å². The van der Waals surface area contributed by atoms with E-state index in [1.165, 1.54) is 11.8 Å². The molecule has 104 heavy (non-hydrogen) atoms. The van der Waals surface area contributed by atoms with Crippen LogP contribution in [0.4, 0.5) is 0 Å². The predicted octanol–water partition coefficient (Wildman–Crippen LogP) is -5.78. The van der Waals surface area contributed by atoms with Gasteiger partial charge in [-0.15, -0.1) is 0 Å². The first-order valence-corrected chi connectivity index (χ1v) is 32.7. The summed E-state index contributed by atoms with van der Waals surface area (Å²) in [4.78, 5) is 269. The second-order valence-electron chi connectivity index (χ2n) is 24.4. The molecule has 1 saturated heterocycles. The summed E-state index contributed by atoms with van der Waals surface area (Å²) in [5, 5.41) is 107. The van der Waals surface area contributed by atoms with Gasteiger partial charge in [0.25, 0.3) is 0 Å². The number of hydrogen-bond acceptors (Lipinski definition) is 23. The van der Waals surface area contributed by atoms with Gasteiger partial charge in [0, 0.05) is 70.9 Å². The number of aliphatic carboxylic acids is 9. The normalized spacial score (nSPS) is 15.3. The topological polar surface area (TPSA) is 699 Å². The quantitative estimate of drug-likeness (QED) is 0.0252. The molecule has 0 unspecified atom stereocenters. The summed E-state index contributed by atoms with van der Waals surface area (Å²) >= 11 is 0. The number of carboxylic acid groups (broad SMARTS) is 9. The van der Waals surface area contributed by atoms with E-state index >= 15 is 0 Å². The zero-order valence-electron chi connectivity index (χ0n) is 57.1. The maximum atomic E-state index is 14.2. The van der Waals surface area contributed by atoms with Crippen LogP contribution in [0.5, 0.6) is 0 Å². The zero-order valence-corrected chi connectivity index (χ0v) is 57.1. The Kier molecular flexibility index (Phi) is 41.3. The first-order chi connectivity index (χ1) is 48.6. The molecule has 1 heterocycles. The number of nitrogens with two attached hydrogens (primary N) is 1. The third kappa shape index (κ3) is 37.6. The standard InChI is InChI=1S/C61H92N12O31/c1-29(2)27-40(30(3)74)72-61(103)41-5-4-25-73(41)42(75)28-104-26-24-63-53(95)32(7-16-44(78)79)65-55(97)34(9-18-46(82)83)67-57(99)36(11-20-48(86)87)69-59(101)38(13-22-50(90)91)71-60(102)39(14-23-51(92)93)70-58(100)37(12-21-49(88)89)68-56(98)35(10-19-47(84)85)66-54(96)33(8-17-45(80)81)64-52(94)31(62)6-15-43(76)77/h29,31-41H,4-28,62H2,1-3H3,(H,63,95)(H,64,94)(H,65,97)(H,66,96)(H,67,99)(H,68,98)(H,69,101)(H,70,100)(H,71,102)(H,72,103)(H,76,77)(H,78,79)(H,80,81)(H,82,83)(H,84,85)(H,86,87)(H,88,89)(H,90,91)(H,92,93)/t31-,32-,33-,34-,35-,36-,37-,38-,39-,40+,41+/m1/s1. The lowest BCUT2D eigenvalue weighted by molar-refractivity contribution is -0.142. The molecule has 43 nitrogen and oxygen atoms in total. The van der Waals surface area contributed by atoms with Gasteiger partial charge in [-0.1, -0.05) is 13.8 Å². The smallest absolute Gasteiger partial charge is 0.303 e. The molecule has 0 aliphatic carbocycles. The summed E-state index contributed by atoms with van der Waals surface area (Å²) < 4.78 is 5.43. The molecule has 582 valence electrons. The lowest BCUT2D eigenvalue weighted by atomic mass is 10.0. The summed E-state index contributed by atoms with van der Waals surface area (Å²) in [7, 11) is 0. The van der Waals surface area contributed by atoms with Gasteiger partial charge in [0.2, 0.25) is 65.0 Å². The lowest BCUT2D eigenvalue weighted by Gasteiger charge is -2.28. The van der Waals surface area contributed by atoms with E-state index in [0.29, 0.717) is 19.3 Å². The highest BCUT2D eigenvalue weighted by atomic mass is 16.5. The second kappa shape index (κ2) is 47.2. The molecule has 0 bridgehead atoms. The van der Waals surface area contributed by atoms with Crippen molar-refractivity contribution in [2.24, 2.45) is 11.7 Å². The zero-order chi connectivity index (χ0) is 79.1. The number of nitrogens with one attached hydrogen (secondary N) is 10. The first kappa shape index (κ1) is 91.0. The van der Waals surface area contributed by atoms with E-state index in [2.05, 4.69) is 53.2 Å². The number of Topliss-reactive ketones (excluding diaryl/α,β-unsaturated/α-hetero) is 1. The van der Waals surface area contributed by atoms with E-state index in [1.54, 1.807) is 0 Å². The highest BCUT2D eigenvalue weighted by molar-refractivity contribution is 5.99. The Balaban J connectivity index is 3.59. The third-order valence-corrected chi connectivity index (χ3v) is 15.4. The maximum Gasteiger partial charge on any atom is 0.303 e. The molecule has 1 rings (SSSR count). The Labute approximate surface area is 592 Å². The van der Waals surface area contributed by atoms with Gasteiger partial charge in [0.15, 0.2) is 5.78 Å². The molecule has 0 spiro atoms. The summed E-state index contributed by atoms with van der Waals surface area (Å²) in [5.41, 5.74) is 5.72. The Morgan fingerprint density at radius 2 is 0.635 bits per heavy atom.